The first-order chi connectivity index (χ1) is 14.0. The van der Waals surface area contributed by atoms with Crippen LogP contribution < -0.4 is 10.0 Å². The number of pyridine rings is 1. The Bertz CT molecular complexity index is 1210. The van der Waals surface area contributed by atoms with Crippen molar-refractivity contribution in [3.63, 3.8) is 0 Å². The number of aromatic nitrogens is 2. The van der Waals surface area contributed by atoms with Crippen molar-refractivity contribution in [2.75, 3.05) is 0 Å². The standard InChI is InChI=1S/C20H18N4O3S2/c25-20(21-12-16-14-24-9-2-1-8-19(24)23-16)15-5-3-7-18(11-15)29(26,27)22-13-17-6-4-10-28-17/h1-11,14,22H,12-13H2,(H,21,25). The summed E-state index contributed by atoms with van der Waals surface area (Å²) in [4.78, 5) is 17.9. The minimum absolute atomic E-state index is 0.0504. The van der Waals surface area contributed by atoms with Crippen molar-refractivity contribution in [2.24, 2.45) is 0 Å². The molecule has 4 rings (SSSR count). The second-order valence-corrected chi connectivity index (χ2v) is 9.11. The first kappa shape index (κ1) is 19.3. The van der Waals surface area contributed by atoms with Gasteiger partial charge in [-0.1, -0.05) is 18.2 Å². The highest BCUT2D eigenvalue weighted by atomic mass is 32.2. The molecular weight excluding hydrogens is 408 g/mol. The van der Waals surface area contributed by atoms with Crippen LogP contribution in [0.5, 0.6) is 0 Å². The van der Waals surface area contributed by atoms with Crippen molar-refractivity contribution in [1.82, 2.24) is 19.4 Å². The van der Waals surface area contributed by atoms with Gasteiger partial charge in [0.05, 0.1) is 17.1 Å². The number of nitrogens with zero attached hydrogens (tertiary/aromatic N) is 2. The number of hydrogen-bond acceptors (Lipinski definition) is 5. The van der Waals surface area contributed by atoms with E-state index < -0.39 is 10.0 Å². The van der Waals surface area contributed by atoms with Crippen LogP contribution in [0.1, 0.15) is 20.9 Å². The Morgan fingerprint density at radius 3 is 2.76 bits per heavy atom. The number of sulfonamides is 1. The maximum absolute atomic E-state index is 12.5. The first-order valence-corrected chi connectivity index (χ1v) is 11.2. The number of nitrogens with one attached hydrogen (secondary N) is 2. The van der Waals surface area contributed by atoms with Crippen molar-refractivity contribution in [2.45, 2.75) is 18.0 Å². The lowest BCUT2D eigenvalue weighted by atomic mass is 10.2. The van der Waals surface area contributed by atoms with Gasteiger partial charge in [-0.3, -0.25) is 4.79 Å². The molecule has 4 aromatic rings. The third kappa shape index (κ3) is 4.53. The van der Waals surface area contributed by atoms with Crippen molar-refractivity contribution in [3.8, 4) is 0 Å². The Kier molecular flexibility index (Phi) is 5.43. The summed E-state index contributed by atoms with van der Waals surface area (Å²) < 4.78 is 29.5. The van der Waals surface area contributed by atoms with Gasteiger partial charge in [0.1, 0.15) is 5.65 Å². The zero-order valence-electron chi connectivity index (χ0n) is 15.3. The van der Waals surface area contributed by atoms with Crippen LogP contribution in [0.3, 0.4) is 0 Å². The first-order valence-electron chi connectivity index (χ1n) is 8.84. The summed E-state index contributed by atoms with van der Waals surface area (Å²) in [6.07, 6.45) is 3.72. The zero-order chi connectivity index (χ0) is 20.3. The van der Waals surface area contributed by atoms with Gasteiger partial charge in [0.2, 0.25) is 10.0 Å². The van der Waals surface area contributed by atoms with Gasteiger partial charge in [-0.2, -0.15) is 0 Å². The van der Waals surface area contributed by atoms with Crippen molar-refractivity contribution >= 4 is 32.9 Å². The molecule has 0 aliphatic heterocycles. The molecule has 0 bridgehead atoms. The summed E-state index contributed by atoms with van der Waals surface area (Å²) in [7, 11) is -3.72. The molecule has 148 valence electrons. The molecule has 29 heavy (non-hydrogen) atoms. The van der Waals surface area contributed by atoms with Gasteiger partial charge in [-0.05, 0) is 41.8 Å². The predicted molar refractivity (Wildman–Crippen MR) is 111 cm³/mol. The molecular formula is C20H18N4O3S2. The average molecular weight is 427 g/mol. The number of amides is 1. The van der Waals surface area contributed by atoms with Crippen molar-refractivity contribution < 1.29 is 13.2 Å². The van der Waals surface area contributed by atoms with Gasteiger partial charge >= 0.3 is 0 Å². The molecule has 1 amide bonds. The highest BCUT2D eigenvalue weighted by Crippen LogP contribution is 2.14. The van der Waals surface area contributed by atoms with Gasteiger partial charge in [-0.15, -0.1) is 11.3 Å². The predicted octanol–water partition coefficient (Wildman–Crippen LogP) is 2.80. The lowest BCUT2D eigenvalue weighted by Gasteiger charge is -2.08. The fraction of sp³-hybridized carbons (Fsp3) is 0.100. The molecule has 0 saturated heterocycles. The van der Waals surface area contributed by atoms with Crippen LogP contribution >= 0.6 is 11.3 Å². The van der Waals surface area contributed by atoms with Gasteiger partial charge in [0.15, 0.2) is 0 Å². The van der Waals surface area contributed by atoms with E-state index in [9.17, 15) is 13.2 Å². The molecule has 0 saturated carbocycles. The Labute approximate surface area is 172 Å². The number of benzene rings is 1. The van der Waals surface area contributed by atoms with Crippen molar-refractivity contribution in [1.29, 1.82) is 0 Å². The maximum atomic E-state index is 12.5. The van der Waals surface area contributed by atoms with Crippen LogP contribution in [0.25, 0.3) is 5.65 Å². The van der Waals surface area contributed by atoms with Crippen LogP contribution in [0.2, 0.25) is 0 Å². The number of thiophene rings is 1. The molecule has 7 nitrogen and oxygen atoms in total. The highest BCUT2D eigenvalue weighted by Gasteiger charge is 2.16. The van der Waals surface area contributed by atoms with Crippen LogP contribution in [-0.4, -0.2) is 23.7 Å². The number of rotatable bonds is 7. The van der Waals surface area contributed by atoms with Gasteiger partial charge in [0, 0.05) is 29.4 Å². The van der Waals surface area contributed by atoms with Crippen molar-refractivity contribution in [3.05, 3.63) is 88.5 Å². The summed E-state index contributed by atoms with van der Waals surface area (Å²) in [5.41, 5.74) is 1.78. The zero-order valence-corrected chi connectivity index (χ0v) is 16.9. The molecule has 0 aliphatic rings. The molecule has 9 heteroatoms. The second kappa shape index (κ2) is 8.16. The summed E-state index contributed by atoms with van der Waals surface area (Å²) >= 11 is 1.47. The number of hydrogen-bond donors (Lipinski definition) is 2. The monoisotopic (exact) mass is 426 g/mol. The normalized spacial score (nSPS) is 11.6. The van der Waals surface area contributed by atoms with Crippen LogP contribution in [0, 0.1) is 0 Å². The van der Waals surface area contributed by atoms with Gasteiger partial charge in [0.25, 0.3) is 5.91 Å². The van der Waals surface area contributed by atoms with E-state index in [0.29, 0.717) is 5.69 Å². The smallest absolute Gasteiger partial charge is 0.251 e. The average Bonchev–Trinajstić information content (AvgIpc) is 3.40. The molecule has 0 aliphatic carbocycles. The Morgan fingerprint density at radius 1 is 1.07 bits per heavy atom. The minimum atomic E-state index is -3.72. The topological polar surface area (TPSA) is 92.6 Å². The summed E-state index contributed by atoms with van der Waals surface area (Å²) in [6, 6.07) is 15.4. The molecule has 3 aromatic heterocycles. The van der Waals surface area contributed by atoms with Gasteiger partial charge < -0.3 is 9.72 Å². The van der Waals surface area contributed by atoms with E-state index in [1.807, 2.05) is 52.5 Å². The van der Waals surface area contributed by atoms with Gasteiger partial charge in [-0.25, -0.2) is 18.1 Å². The van der Waals surface area contributed by atoms with Crippen LogP contribution in [0.4, 0.5) is 0 Å². The van der Waals surface area contributed by atoms with E-state index in [1.165, 1.54) is 23.5 Å². The largest absolute Gasteiger partial charge is 0.346 e. The number of carbonyl (C=O) groups is 1. The quantitative estimate of drug-likeness (QED) is 0.475. The maximum Gasteiger partial charge on any atom is 0.251 e. The fourth-order valence-corrected chi connectivity index (χ4v) is 4.60. The lowest BCUT2D eigenvalue weighted by Crippen LogP contribution is -2.25. The number of imidazole rings is 1. The summed E-state index contributed by atoms with van der Waals surface area (Å²) in [6.45, 7) is 0.457. The highest BCUT2D eigenvalue weighted by molar-refractivity contribution is 7.89. The molecule has 0 radical (unpaired) electrons. The van der Waals surface area contributed by atoms with Crippen LogP contribution in [-0.2, 0) is 23.1 Å². The molecule has 0 atom stereocenters. The lowest BCUT2D eigenvalue weighted by molar-refractivity contribution is 0.0950. The summed E-state index contributed by atoms with van der Waals surface area (Å²) in [5.74, 6) is -0.364. The second-order valence-electron chi connectivity index (χ2n) is 6.31. The third-order valence-corrected chi connectivity index (χ3v) is 6.54. The molecule has 3 heterocycles. The molecule has 0 fully saturated rings. The number of carbonyl (C=O) groups excluding carboxylic acids is 1. The third-order valence-electron chi connectivity index (χ3n) is 4.27. The fourth-order valence-electron chi connectivity index (χ4n) is 2.81. The molecule has 0 unspecified atom stereocenters. The molecule has 2 N–H and O–H groups in total. The van der Waals surface area contributed by atoms with E-state index in [-0.39, 0.29) is 29.5 Å². The van der Waals surface area contributed by atoms with E-state index in [1.54, 1.807) is 12.1 Å². The molecule has 0 spiro atoms. The van der Waals surface area contributed by atoms with Crippen LogP contribution in [0.15, 0.2) is 77.3 Å². The van der Waals surface area contributed by atoms with E-state index >= 15 is 0 Å². The Balaban J connectivity index is 1.43. The minimum Gasteiger partial charge on any atom is -0.346 e. The Hall–Kier alpha value is -3.01. The van der Waals surface area contributed by atoms with E-state index in [0.717, 1.165) is 10.5 Å². The Morgan fingerprint density at radius 2 is 1.97 bits per heavy atom. The number of fused-ring (bicyclic) bond motifs is 1. The summed E-state index contributed by atoms with van der Waals surface area (Å²) in [5, 5.41) is 4.67. The SMILES string of the molecule is O=C(NCc1cn2ccccc2n1)c1cccc(S(=O)(=O)NCc2cccs2)c1. The molecule has 1 aromatic carbocycles. The van der Waals surface area contributed by atoms with E-state index in [2.05, 4.69) is 15.0 Å². The van der Waals surface area contributed by atoms with E-state index in [4.69, 9.17) is 0 Å².